The molecule has 1 aromatic rings. The van der Waals surface area contributed by atoms with Gasteiger partial charge in [-0.3, -0.25) is 4.79 Å². The number of hydrogen-bond donors (Lipinski definition) is 1. The molecule has 1 N–H and O–H groups in total. The van der Waals surface area contributed by atoms with E-state index in [1.165, 1.54) is 12.1 Å². The highest BCUT2D eigenvalue weighted by atomic mass is 35.5. The Morgan fingerprint density at radius 1 is 1.40 bits per heavy atom. The Hall–Kier alpha value is -0.930. The minimum Gasteiger partial charge on any atom is -0.302 e. The van der Waals surface area contributed by atoms with E-state index in [-0.39, 0.29) is 17.5 Å². The molecule has 2 aliphatic heterocycles. The van der Waals surface area contributed by atoms with Crippen LogP contribution in [-0.2, 0) is 11.2 Å². The highest BCUT2D eigenvalue weighted by molar-refractivity contribution is 6.29. The molecule has 2 bridgehead atoms. The normalized spacial score (nSPS) is 32.3. The number of halogens is 2. The highest BCUT2D eigenvalue weighted by Gasteiger charge is 2.49. The molecule has 4 heteroatoms. The number of carbonyl (C=O) groups is 1. The Bertz CT molecular complexity index is 504. The SMILES string of the molecule is O=C(CCl)C12CCC(CC(Cc3ccc(F)cc3)C1)N2. The van der Waals surface area contributed by atoms with Crippen molar-refractivity contribution in [1.29, 1.82) is 0 Å². The molecule has 2 aliphatic rings. The van der Waals surface area contributed by atoms with Crippen LogP contribution in [0.2, 0.25) is 0 Å². The summed E-state index contributed by atoms with van der Waals surface area (Å²) in [5.41, 5.74) is 0.751. The number of Topliss-reactive ketones (excluding diaryl/α,β-unsaturated/α-hetero) is 1. The number of rotatable bonds is 4. The van der Waals surface area contributed by atoms with E-state index in [1.54, 1.807) is 0 Å². The maximum Gasteiger partial charge on any atom is 0.167 e. The number of hydrogen-bond acceptors (Lipinski definition) is 2. The van der Waals surface area contributed by atoms with Gasteiger partial charge in [-0.1, -0.05) is 12.1 Å². The minimum atomic E-state index is -0.393. The molecule has 3 rings (SSSR count). The summed E-state index contributed by atoms with van der Waals surface area (Å²) in [6, 6.07) is 7.13. The van der Waals surface area contributed by atoms with Gasteiger partial charge in [0.05, 0.1) is 11.4 Å². The fraction of sp³-hybridized carbons (Fsp3) is 0.562. The summed E-state index contributed by atoms with van der Waals surface area (Å²) in [6.07, 6.45) is 4.82. The molecule has 2 fully saturated rings. The molecule has 0 saturated carbocycles. The highest BCUT2D eigenvalue weighted by Crippen LogP contribution is 2.40. The van der Waals surface area contributed by atoms with Crippen LogP contribution in [0.15, 0.2) is 24.3 Å². The summed E-state index contributed by atoms with van der Waals surface area (Å²) in [6.45, 7) is 0. The monoisotopic (exact) mass is 295 g/mol. The summed E-state index contributed by atoms with van der Waals surface area (Å²) in [5, 5.41) is 3.49. The van der Waals surface area contributed by atoms with Crippen LogP contribution in [0.1, 0.15) is 31.2 Å². The van der Waals surface area contributed by atoms with Crippen LogP contribution in [0, 0.1) is 11.7 Å². The number of piperidine rings is 1. The lowest BCUT2D eigenvalue weighted by Gasteiger charge is -2.38. The third-order valence-electron chi connectivity index (χ3n) is 4.75. The Balaban J connectivity index is 1.72. The van der Waals surface area contributed by atoms with Gasteiger partial charge >= 0.3 is 0 Å². The first-order chi connectivity index (χ1) is 9.61. The second-order valence-corrected chi connectivity index (χ2v) is 6.42. The Morgan fingerprint density at radius 2 is 2.15 bits per heavy atom. The van der Waals surface area contributed by atoms with E-state index in [4.69, 9.17) is 11.6 Å². The zero-order valence-corrected chi connectivity index (χ0v) is 12.1. The van der Waals surface area contributed by atoms with Gasteiger partial charge in [0.2, 0.25) is 0 Å². The van der Waals surface area contributed by atoms with Crippen molar-refractivity contribution >= 4 is 17.4 Å². The lowest BCUT2D eigenvalue weighted by molar-refractivity contribution is -0.124. The molecular formula is C16H19ClFNO. The number of carbonyl (C=O) groups excluding carboxylic acids is 1. The second-order valence-electron chi connectivity index (χ2n) is 6.16. The molecule has 2 heterocycles. The molecule has 0 aromatic heterocycles. The first-order valence-corrected chi connectivity index (χ1v) is 7.76. The van der Waals surface area contributed by atoms with Gasteiger partial charge in [0.1, 0.15) is 5.82 Å². The van der Waals surface area contributed by atoms with Crippen molar-refractivity contribution in [3.8, 4) is 0 Å². The summed E-state index contributed by atoms with van der Waals surface area (Å²) in [5.74, 6) is 0.489. The van der Waals surface area contributed by atoms with Crippen molar-refractivity contribution in [2.45, 2.75) is 43.7 Å². The summed E-state index contributed by atoms with van der Waals surface area (Å²) >= 11 is 5.77. The smallest absolute Gasteiger partial charge is 0.167 e. The van der Waals surface area contributed by atoms with Gasteiger partial charge in [-0.05, 0) is 55.7 Å². The zero-order chi connectivity index (χ0) is 14.2. The standard InChI is InChI=1S/C16H19ClFNO/c17-10-15(20)16-6-5-14(19-16)8-12(9-16)7-11-1-3-13(18)4-2-11/h1-4,12,14,19H,5-10H2. The third kappa shape index (κ3) is 2.61. The maximum atomic E-state index is 12.9. The lowest BCUT2D eigenvalue weighted by atomic mass is 9.78. The van der Waals surface area contributed by atoms with E-state index in [0.717, 1.165) is 37.7 Å². The molecular weight excluding hydrogens is 277 g/mol. The van der Waals surface area contributed by atoms with Gasteiger partial charge in [-0.2, -0.15) is 0 Å². The van der Waals surface area contributed by atoms with Gasteiger partial charge in [0.15, 0.2) is 5.78 Å². The van der Waals surface area contributed by atoms with E-state index in [1.807, 2.05) is 12.1 Å². The largest absolute Gasteiger partial charge is 0.302 e. The average Bonchev–Trinajstić information content (AvgIpc) is 2.77. The fourth-order valence-electron chi connectivity index (χ4n) is 3.84. The molecule has 0 spiro atoms. The predicted molar refractivity (Wildman–Crippen MR) is 77.4 cm³/mol. The van der Waals surface area contributed by atoms with Crippen molar-refractivity contribution in [2.24, 2.45) is 5.92 Å². The zero-order valence-electron chi connectivity index (χ0n) is 11.4. The molecule has 0 aliphatic carbocycles. The van der Waals surface area contributed by atoms with Gasteiger partial charge in [-0.25, -0.2) is 4.39 Å². The van der Waals surface area contributed by atoms with Crippen LogP contribution in [0.25, 0.3) is 0 Å². The van der Waals surface area contributed by atoms with Crippen molar-refractivity contribution in [3.63, 3.8) is 0 Å². The second kappa shape index (κ2) is 5.45. The summed E-state index contributed by atoms with van der Waals surface area (Å²) in [4.78, 5) is 12.1. The fourth-order valence-corrected chi connectivity index (χ4v) is 4.10. The Morgan fingerprint density at radius 3 is 2.85 bits per heavy atom. The van der Waals surface area contributed by atoms with Gasteiger partial charge in [0.25, 0.3) is 0 Å². The van der Waals surface area contributed by atoms with Gasteiger partial charge < -0.3 is 5.32 Å². The van der Waals surface area contributed by atoms with Crippen molar-refractivity contribution < 1.29 is 9.18 Å². The molecule has 3 unspecified atom stereocenters. The van der Waals surface area contributed by atoms with Gasteiger partial charge in [0, 0.05) is 6.04 Å². The quantitative estimate of drug-likeness (QED) is 0.865. The van der Waals surface area contributed by atoms with E-state index in [9.17, 15) is 9.18 Å². The Kier molecular flexibility index (Phi) is 3.83. The predicted octanol–water partition coefficient (Wildman–Crippen LogP) is 3.08. The molecule has 0 amide bonds. The van der Waals surface area contributed by atoms with Crippen molar-refractivity contribution in [3.05, 3.63) is 35.6 Å². The van der Waals surface area contributed by atoms with Crippen LogP contribution >= 0.6 is 11.6 Å². The average molecular weight is 296 g/mol. The first-order valence-electron chi connectivity index (χ1n) is 7.23. The van der Waals surface area contributed by atoms with E-state index in [2.05, 4.69) is 5.32 Å². The summed E-state index contributed by atoms with van der Waals surface area (Å²) in [7, 11) is 0. The third-order valence-corrected chi connectivity index (χ3v) is 4.99. The topological polar surface area (TPSA) is 29.1 Å². The minimum absolute atomic E-state index is 0.0863. The molecule has 0 radical (unpaired) electrons. The van der Waals surface area contributed by atoms with Crippen LogP contribution in [0.3, 0.4) is 0 Å². The maximum absolute atomic E-state index is 12.9. The molecule has 20 heavy (non-hydrogen) atoms. The molecule has 2 nitrogen and oxygen atoms in total. The number of ketones is 1. The number of benzene rings is 1. The van der Waals surface area contributed by atoms with Crippen LogP contribution in [-0.4, -0.2) is 23.2 Å². The lowest BCUT2D eigenvalue weighted by Crippen LogP contribution is -2.55. The Labute approximate surface area is 123 Å². The van der Waals surface area contributed by atoms with Crippen LogP contribution < -0.4 is 5.32 Å². The van der Waals surface area contributed by atoms with E-state index >= 15 is 0 Å². The summed E-state index contributed by atoms with van der Waals surface area (Å²) < 4.78 is 12.9. The molecule has 2 saturated heterocycles. The molecule has 108 valence electrons. The number of alkyl halides is 1. The van der Waals surface area contributed by atoms with E-state index < -0.39 is 5.54 Å². The molecule has 1 aromatic carbocycles. The van der Waals surface area contributed by atoms with Crippen LogP contribution in [0.5, 0.6) is 0 Å². The van der Waals surface area contributed by atoms with Gasteiger partial charge in [-0.15, -0.1) is 11.6 Å². The molecule has 3 atom stereocenters. The first kappa shape index (κ1) is 14.0. The van der Waals surface area contributed by atoms with Crippen LogP contribution in [0.4, 0.5) is 4.39 Å². The van der Waals surface area contributed by atoms with Crippen molar-refractivity contribution in [1.82, 2.24) is 5.32 Å². The van der Waals surface area contributed by atoms with E-state index in [0.29, 0.717) is 12.0 Å². The number of fused-ring (bicyclic) bond motifs is 2. The van der Waals surface area contributed by atoms with Crippen molar-refractivity contribution in [2.75, 3.05) is 5.88 Å². The number of nitrogens with one attached hydrogen (secondary N) is 1.